The average Bonchev–Trinajstić information content (AvgIpc) is 2.33. The van der Waals surface area contributed by atoms with E-state index in [1.807, 2.05) is 0 Å². The fraction of sp³-hybridized carbons (Fsp3) is 0.462. The molecule has 0 aliphatic carbocycles. The Morgan fingerprint density at radius 3 is 2.65 bits per heavy atom. The summed E-state index contributed by atoms with van der Waals surface area (Å²) >= 11 is 0. The summed E-state index contributed by atoms with van der Waals surface area (Å²) in [6.07, 6.45) is -4.96. The SMILES string of the molecule is CC(O)CCC(=O)NCc1ccccc1OC(F)(F)F. The Kier molecular flexibility index (Phi) is 5.82. The van der Waals surface area contributed by atoms with E-state index in [0.717, 1.165) is 0 Å². The molecule has 0 bridgehead atoms. The summed E-state index contributed by atoms with van der Waals surface area (Å²) in [6, 6.07) is 5.60. The summed E-state index contributed by atoms with van der Waals surface area (Å²) in [5.41, 5.74) is 0.232. The molecular formula is C13H16F3NO3. The van der Waals surface area contributed by atoms with Crippen LogP contribution in [0.4, 0.5) is 13.2 Å². The number of para-hydroxylation sites is 1. The van der Waals surface area contributed by atoms with Gasteiger partial charge in [-0.15, -0.1) is 13.2 Å². The molecule has 0 aromatic heterocycles. The normalized spacial score (nSPS) is 12.8. The van der Waals surface area contributed by atoms with Crippen LogP contribution in [0.25, 0.3) is 0 Å². The Balaban J connectivity index is 2.57. The van der Waals surface area contributed by atoms with Gasteiger partial charge in [-0.25, -0.2) is 0 Å². The molecule has 1 amide bonds. The van der Waals surface area contributed by atoms with Crippen molar-refractivity contribution in [3.8, 4) is 5.75 Å². The van der Waals surface area contributed by atoms with Gasteiger partial charge in [0.1, 0.15) is 5.75 Å². The molecule has 2 N–H and O–H groups in total. The van der Waals surface area contributed by atoms with Crippen molar-refractivity contribution in [3.63, 3.8) is 0 Å². The Hall–Kier alpha value is -1.76. The van der Waals surface area contributed by atoms with Crippen LogP contribution < -0.4 is 10.1 Å². The zero-order chi connectivity index (χ0) is 15.2. The largest absolute Gasteiger partial charge is 0.573 e. The molecule has 0 saturated carbocycles. The van der Waals surface area contributed by atoms with Crippen molar-refractivity contribution in [2.45, 2.75) is 38.8 Å². The molecule has 0 heterocycles. The van der Waals surface area contributed by atoms with E-state index < -0.39 is 12.5 Å². The number of rotatable bonds is 6. The van der Waals surface area contributed by atoms with Gasteiger partial charge in [-0.1, -0.05) is 18.2 Å². The van der Waals surface area contributed by atoms with Crippen LogP contribution in [0.2, 0.25) is 0 Å². The number of benzene rings is 1. The molecule has 0 saturated heterocycles. The smallest absolute Gasteiger partial charge is 0.405 e. The molecule has 0 fully saturated rings. The quantitative estimate of drug-likeness (QED) is 0.846. The lowest BCUT2D eigenvalue weighted by Gasteiger charge is -2.13. The van der Waals surface area contributed by atoms with Crippen molar-refractivity contribution in [1.82, 2.24) is 5.32 Å². The molecule has 1 aromatic carbocycles. The zero-order valence-corrected chi connectivity index (χ0v) is 10.9. The molecule has 0 spiro atoms. The van der Waals surface area contributed by atoms with Gasteiger partial charge in [0, 0.05) is 18.5 Å². The van der Waals surface area contributed by atoms with Crippen LogP contribution in [0.3, 0.4) is 0 Å². The first-order chi connectivity index (χ1) is 9.28. The molecule has 20 heavy (non-hydrogen) atoms. The van der Waals surface area contributed by atoms with Crippen molar-refractivity contribution in [3.05, 3.63) is 29.8 Å². The summed E-state index contributed by atoms with van der Waals surface area (Å²) in [5.74, 6) is -0.677. The number of amides is 1. The standard InChI is InChI=1S/C13H16F3NO3/c1-9(18)6-7-12(19)17-8-10-4-2-3-5-11(10)20-13(14,15)16/h2-5,9,18H,6-8H2,1H3,(H,17,19). The van der Waals surface area contributed by atoms with E-state index in [4.69, 9.17) is 5.11 Å². The first kappa shape index (κ1) is 16.3. The molecule has 112 valence electrons. The molecule has 1 atom stereocenters. The fourth-order valence-electron chi connectivity index (χ4n) is 1.50. The maximum atomic E-state index is 12.2. The molecule has 4 nitrogen and oxygen atoms in total. The van der Waals surface area contributed by atoms with Gasteiger partial charge >= 0.3 is 6.36 Å². The van der Waals surface area contributed by atoms with Crippen LogP contribution in [-0.2, 0) is 11.3 Å². The van der Waals surface area contributed by atoms with Gasteiger partial charge in [0.15, 0.2) is 0 Å². The van der Waals surface area contributed by atoms with Crippen LogP contribution >= 0.6 is 0 Å². The Bertz CT molecular complexity index is 447. The Labute approximate surface area is 114 Å². The van der Waals surface area contributed by atoms with Crippen molar-refractivity contribution in [2.75, 3.05) is 0 Å². The van der Waals surface area contributed by atoms with Gasteiger partial charge in [0.2, 0.25) is 5.91 Å². The highest BCUT2D eigenvalue weighted by Gasteiger charge is 2.31. The predicted molar refractivity (Wildman–Crippen MR) is 65.9 cm³/mol. The second-order valence-electron chi connectivity index (χ2n) is 4.32. The Morgan fingerprint density at radius 1 is 1.40 bits per heavy atom. The third kappa shape index (κ3) is 6.42. The second-order valence-corrected chi connectivity index (χ2v) is 4.32. The lowest BCUT2D eigenvalue weighted by atomic mass is 10.2. The van der Waals surface area contributed by atoms with E-state index in [1.165, 1.54) is 18.2 Å². The van der Waals surface area contributed by atoms with Crippen LogP contribution in [0.5, 0.6) is 5.75 Å². The number of alkyl halides is 3. The van der Waals surface area contributed by atoms with Gasteiger partial charge in [0.05, 0.1) is 6.10 Å². The van der Waals surface area contributed by atoms with E-state index in [0.29, 0.717) is 6.42 Å². The zero-order valence-electron chi connectivity index (χ0n) is 10.9. The van der Waals surface area contributed by atoms with E-state index >= 15 is 0 Å². The van der Waals surface area contributed by atoms with Crippen LogP contribution in [0.1, 0.15) is 25.3 Å². The highest BCUT2D eigenvalue weighted by atomic mass is 19.4. The third-order valence-corrected chi connectivity index (χ3v) is 2.46. The third-order valence-electron chi connectivity index (χ3n) is 2.46. The predicted octanol–water partition coefficient (Wildman–Crippen LogP) is 2.36. The second kappa shape index (κ2) is 7.14. The van der Waals surface area contributed by atoms with Gasteiger partial charge in [-0.05, 0) is 19.4 Å². The van der Waals surface area contributed by atoms with Gasteiger partial charge in [-0.3, -0.25) is 4.79 Å². The minimum Gasteiger partial charge on any atom is -0.405 e. The van der Waals surface area contributed by atoms with Crippen molar-refractivity contribution < 1.29 is 27.8 Å². The molecule has 0 aliphatic heterocycles. The molecule has 0 radical (unpaired) electrons. The number of carbonyl (C=O) groups is 1. The highest BCUT2D eigenvalue weighted by Crippen LogP contribution is 2.26. The molecule has 7 heteroatoms. The number of halogens is 3. The van der Waals surface area contributed by atoms with Crippen LogP contribution in [0, 0.1) is 0 Å². The summed E-state index contributed by atoms with van der Waals surface area (Å²) in [4.78, 5) is 11.4. The Morgan fingerprint density at radius 2 is 2.05 bits per heavy atom. The van der Waals surface area contributed by atoms with Gasteiger partial charge < -0.3 is 15.2 Å². The number of ether oxygens (including phenoxy) is 1. The summed E-state index contributed by atoms with van der Waals surface area (Å²) in [6.45, 7) is 1.49. The minimum absolute atomic E-state index is 0.0646. The van der Waals surface area contributed by atoms with E-state index in [2.05, 4.69) is 10.1 Å². The number of aliphatic hydroxyl groups is 1. The lowest BCUT2D eigenvalue weighted by Crippen LogP contribution is -2.25. The monoisotopic (exact) mass is 291 g/mol. The number of hydrogen-bond donors (Lipinski definition) is 2. The van der Waals surface area contributed by atoms with E-state index in [-0.39, 0.29) is 30.2 Å². The average molecular weight is 291 g/mol. The topological polar surface area (TPSA) is 58.6 Å². The first-order valence-corrected chi connectivity index (χ1v) is 6.06. The van der Waals surface area contributed by atoms with Crippen molar-refractivity contribution in [2.24, 2.45) is 0 Å². The van der Waals surface area contributed by atoms with Crippen LogP contribution in [-0.4, -0.2) is 23.5 Å². The maximum Gasteiger partial charge on any atom is 0.573 e. The molecule has 1 unspecified atom stereocenters. The highest BCUT2D eigenvalue weighted by molar-refractivity contribution is 5.75. The van der Waals surface area contributed by atoms with E-state index in [9.17, 15) is 18.0 Å². The van der Waals surface area contributed by atoms with Crippen molar-refractivity contribution in [1.29, 1.82) is 0 Å². The number of carbonyl (C=O) groups excluding carboxylic acids is 1. The van der Waals surface area contributed by atoms with Crippen LogP contribution in [0.15, 0.2) is 24.3 Å². The summed E-state index contributed by atoms with van der Waals surface area (Å²) in [7, 11) is 0. The molecule has 1 aromatic rings. The number of hydrogen-bond acceptors (Lipinski definition) is 3. The lowest BCUT2D eigenvalue weighted by molar-refractivity contribution is -0.274. The first-order valence-electron chi connectivity index (χ1n) is 6.06. The maximum absolute atomic E-state index is 12.2. The van der Waals surface area contributed by atoms with Gasteiger partial charge in [-0.2, -0.15) is 0 Å². The summed E-state index contributed by atoms with van der Waals surface area (Å²) in [5, 5.41) is 11.5. The van der Waals surface area contributed by atoms with E-state index in [1.54, 1.807) is 13.0 Å². The fourth-order valence-corrected chi connectivity index (χ4v) is 1.50. The minimum atomic E-state index is -4.77. The molecule has 1 rings (SSSR count). The summed E-state index contributed by atoms with van der Waals surface area (Å²) < 4.78 is 40.4. The molecule has 0 aliphatic rings. The van der Waals surface area contributed by atoms with Crippen molar-refractivity contribution >= 4 is 5.91 Å². The number of aliphatic hydroxyl groups excluding tert-OH is 1. The molecular weight excluding hydrogens is 275 g/mol. The van der Waals surface area contributed by atoms with Gasteiger partial charge in [0.25, 0.3) is 0 Å². The number of nitrogens with one attached hydrogen (secondary N) is 1.